The average molecular weight is 1370 g/mol. The van der Waals surface area contributed by atoms with E-state index in [2.05, 4.69) is 140 Å². The highest BCUT2D eigenvalue weighted by atomic mass is 79.9. The Bertz CT molecular complexity index is 1840. The number of unbranched alkanes of at least 4 members (excludes halogenated alkanes) is 28. The third-order valence-corrected chi connectivity index (χ3v) is 19.8. The van der Waals surface area contributed by atoms with Crippen LogP contribution < -0.4 is 18.9 Å². The fraction of sp³-hybridized carbons (Fsp3) is 0.625. The molecule has 0 aliphatic carbocycles. The van der Waals surface area contributed by atoms with Gasteiger partial charge in [-0.1, -0.05) is 318 Å². The Morgan fingerprint density at radius 3 is 0.539 bits per heavy atom. The van der Waals surface area contributed by atoms with Crippen LogP contribution in [0.3, 0.4) is 0 Å². The molecule has 0 spiro atoms. The van der Waals surface area contributed by atoms with Crippen LogP contribution in [0.5, 0.6) is 23.0 Å². The molecule has 0 saturated carbocycles. The molecule has 12 heteroatoms. The monoisotopic (exact) mass is 1370 g/mol. The molecule has 4 nitrogen and oxygen atoms in total. The molecule has 0 unspecified atom stereocenters. The minimum Gasteiger partial charge on any atom is -0.491 e. The fourth-order valence-electron chi connectivity index (χ4n) is 9.47. The number of ether oxygens (including phenoxy) is 4. The van der Waals surface area contributed by atoms with Gasteiger partial charge in [0.1, 0.15) is 23.0 Å². The first-order chi connectivity index (χ1) is 37.2. The van der Waals surface area contributed by atoms with Crippen molar-refractivity contribution in [3.05, 3.63) is 66.4 Å². The van der Waals surface area contributed by atoms with Crippen molar-refractivity contribution in [3.63, 3.8) is 0 Å². The van der Waals surface area contributed by atoms with Crippen molar-refractivity contribution in [2.24, 2.45) is 0 Å². The fourth-order valence-corrected chi connectivity index (χ4v) is 17.3. The molecule has 0 saturated heterocycles. The van der Waals surface area contributed by atoms with Gasteiger partial charge in [-0.3, -0.25) is 0 Å². The molecule has 8 bridgehead atoms. The third kappa shape index (κ3) is 25.3. The number of benzene rings is 4. The molecule has 0 amide bonds. The molecule has 4 aromatic rings. The number of halogens is 4. The molecule has 1 aliphatic rings. The van der Waals surface area contributed by atoms with E-state index in [1.165, 1.54) is 180 Å². The molecular weight excluding hydrogens is 1280 g/mol. The van der Waals surface area contributed by atoms with E-state index in [9.17, 15) is 0 Å². The van der Waals surface area contributed by atoms with Crippen LogP contribution in [0, 0.1) is 0 Å². The van der Waals surface area contributed by atoms with Crippen molar-refractivity contribution >= 4 is 111 Å². The average Bonchev–Trinajstić information content (AvgIpc) is 3.38. The van der Waals surface area contributed by atoms with Crippen LogP contribution in [-0.4, -0.2) is 26.4 Å². The first kappa shape index (κ1) is 66.2. The van der Waals surface area contributed by atoms with Gasteiger partial charge < -0.3 is 18.9 Å². The van der Waals surface area contributed by atoms with Gasteiger partial charge in [0, 0.05) is 17.9 Å². The van der Waals surface area contributed by atoms with Gasteiger partial charge in [0.05, 0.1) is 65.6 Å². The van der Waals surface area contributed by atoms with E-state index >= 15 is 0 Å². The van der Waals surface area contributed by atoms with Gasteiger partial charge >= 0.3 is 0 Å². The van der Waals surface area contributed by atoms with E-state index in [1.807, 2.05) is 0 Å². The van der Waals surface area contributed by atoms with Gasteiger partial charge in [-0.15, -0.1) is 0 Å². The van der Waals surface area contributed by atoms with Crippen LogP contribution in [0.25, 0.3) is 0 Å². The standard InChI is InChI=1S/C64H92Br4O4S4/c1-5-9-13-17-21-25-29-33-37-69-61-53-41-49(65)42-54(61)74-56-44-51(67)46-58(63(56)71-39-35-31-27-23-19-15-11-7-3)76-60-48-52(68)47-59(64(60)72-40-36-32-28-24-20-16-12-8-4)75-57-45-50(66)43-55(73-53)62(57)70-38-34-30-26-22-18-14-10-6-2/h41-48H,5-40H2,1-4H3. The van der Waals surface area contributed by atoms with Crippen LogP contribution in [0.4, 0.5) is 0 Å². The molecule has 424 valence electrons. The number of fused-ring (bicyclic) bond motifs is 8. The SMILES string of the molecule is CCCCCCCCCCOc1c2cc(Br)cc1Sc1cc(Br)cc(c1OCCCCCCCCCC)Sc1cc(Br)cc(c1OCCCCCCCCCC)Sc1cc(Br)cc(c1OCCCCCCCCCC)S2. The summed E-state index contributed by atoms with van der Waals surface area (Å²) in [4.78, 5) is 8.44. The number of rotatable bonds is 40. The molecule has 1 aliphatic heterocycles. The van der Waals surface area contributed by atoms with E-state index in [4.69, 9.17) is 18.9 Å². The largest absolute Gasteiger partial charge is 0.491 e. The Labute approximate surface area is 513 Å². The Morgan fingerprint density at radius 2 is 0.382 bits per heavy atom. The molecule has 5 rings (SSSR count). The molecule has 4 aromatic carbocycles. The highest BCUT2D eigenvalue weighted by Crippen LogP contribution is 2.56. The number of hydrogen-bond donors (Lipinski definition) is 0. The molecule has 0 N–H and O–H groups in total. The van der Waals surface area contributed by atoms with Gasteiger partial charge in [-0.25, -0.2) is 0 Å². The van der Waals surface area contributed by atoms with Crippen molar-refractivity contribution in [1.29, 1.82) is 0 Å². The van der Waals surface area contributed by atoms with Crippen molar-refractivity contribution in [1.82, 2.24) is 0 Å². The smallest absolute Gasteiger partial charge is 0.147 e. The quantitative estimate of drug-likeness (QED) is 0.0359. The lowest BCUT2D eigenvalue weighted by Crippen LogP contribution is -2.04. The summed E-state index contributed by atoms with van der Waals surface area (Å²) in [5.74, 6) is 3.63. The van der Waals surface area contributed by atoms with Gasteiger partial charge in [-0.05, 0) is 74.2 Å². The maximum atomic E-state index is 7.07. The van der Waals surface area contributed by atoms with E-state index < -0.39 is 0 Å². The molecule has 0 radical (unpaired) electrons. The topological polar surface area (TPSA) is 36.9 Å². The zero-order valence-electron chi connectivity index (χ0n) is 46.9. The lowest BCUT2D eigenvalue weighted by Gasteiger charge is -2.23. The first-order valence-corrected chi connectivity index (χ1v) is 36.2. The minimum absolute atomic E-state index is 0.658. The maximum Gasteiger partial charge on any atom is 0.147 e. The lowest BCUT2D eigenvalue weighted by atomic mass is 10.1. The summed E-state index contributed by atoms with van der Waals surface area (Å²) in [7, 11) is 0. The summed E-state index contributed by atoms with van der Waals surface area (Å²) in [5, 5.41) is 0. The summed E-state index contributed by atoms with van der Waals surface area (Å²) in [6.45, 7) is 11.8. The molecule has 0 fully saturated rings. The van der Waals surface area contributed by atoms with Crippen molar-refractivity contribution in [2.45, 2.75) is 272 Å². The van der Waals surface area contributed by atoms with Crippen LogP contribution in [-0.2, 0) is 0 Å². The second-order valence-corrected chi connectivity index (χ2v) is 28.6. The molecule has 0 atom stereocenters. The van der Waals surface area contributed by atoms with E-state index in [0.717, 1.165) is 106 Å². The first-order valence-electron chi connectivity index (χ1n) is 29.8. The zero-order chi connectivity index (χ0) is 54.0. The summed E-state index contributed by atoms with van der Waals surface area (Å²) in [6.07, 6.45) is 40.0. The second-order valence-electron chi connectivity index (χ2n) is 20.6. The van der Waals surface area contributed by atoms with Gasteiger partial charge in [0.2, 0.25) is 0 Å². The van der Waals surface area contributed by atoms with Crippen molar-refractivity contribution < 1.29 is 18.9 Å². The molecule has 1 heterocycles. The van der Waals surface area contributed by atoms with Gasteiger partial charge in [0.15, 0.2) is 0 Å². The second kappa shape index (κ2) is 40.6. The summed E-state index contributed by atoms with van der Waals surface area (Å²) in [6, 6.07) is 17.9. The third-order valence-electron chi connectivity index (χ3n) is 13.8. The van der Waals surface area contributed by atoms with Crippen molar-refractivity contribution in [3.8, 4) is 23.0 Å². The summed E-state index contributed by atoms with van der Waals surface area (Å²) < 4.78 is 32.3. The Morgan fingerprint density at radius 1 is 0.237 bits per heavy atom. The maximum absolute atomic E-state index is 7.07. The normalized spacial score (nSPS) is 12.3. The molecular formula is C64H92Br4O4S4. The Balaban J connectivity index is 1.58. The van der Waals surface area contributed by atoms with Crippen LogP contribution in [0.2, 0.25) is 0 Å². The lowest BCUT2D eigenvalue weighted by molar-refractivity contribution is 0.288. The van der Waals surface area contributed by atoms with Gasteiger partial charge in [-0.2, -0.15) is 0 Å². The Kier molecular flexibility index (Phi) is 35.3. The minimum atomic E-state index is 0.658. The summed E-state index contributed by atoms with van der Waals surface area (Å²) in [5.41, 5.74) is 0. The zero-order valence-corrected chi connectivity index (χ0v) is 56.5. The molecule has 0 aromatic heterocycles. The van der Waals surface area contributed by atoms with Crippen LogP contribution >= 0.6 is 111 Å². The molecule has 76 heavy (non-hydrogen) atoms. The van der Waals surface area contributed by atoms with E-state index in [-0.39, 0.29) is 0 Å². The predicted octanol–water partition coefficient (Wildman–Crippen LogP) is 25.7. The van der Waals surface area contributed by atoms with Crippen LogP contribution in [0.1, 0.15) is 233 Å². The van der Waals surface area contributed by atoms with Gasteiger partial charge in [0.25, 0.3) is 0 Å². The van der Waals surface area contributed by atoms with E-state index in [0.29, 0.717) is 26.4 Å². The highest BCUT2D eigenvalue weighted by Gasteiger charge is 2.26. The summed E-state index contributed by atoms with van der Waals surface area (Å²) >= 11 is 23.0. The predicted molar refractivity (Wildman–Crippen MR) is 345 cm³/mol. The van der Waals surface area contributed by atoms with Crippen molar-refractivity contribution in [2.75, 3.05) is 26.4 Å². The Hall–Kier alpha value is -0.600. The highest BCUT2D eigenvalue weighted by molar-refractivity contribution is 9.11. The van der Waals surface area contributed by atoms with Crippen LogP contribution in [0.15, 0.2) is 106 Å². The number of hydrogen-bond acceptors (Lipinski definition) is 8. The van der Waals surface area contributed by atoms with E-state index in [1.54, 1.807) is 47.0 Å².